The highest BCUT2D eigenvalue weighted by Crippen LogP contribution is 2.17. The molecule has 3 nitrogen and oxygen atoms in total. The van der Waals surface area contributed by atoms with E-state index in [1.165, 1.54) is 16.7 Å². The van der Waals surface area contributed by atoms with Crippen LogP contribution in [0.25, 0.3) is 0 Å². The number of hydrogen-bond acceptors (Lipinski definition) is 2. The summed E-state index contributed by atoms with van der Waals surface area (Å²) >= 11 is 0. The SMILES string of the molecule is Cc1ccc(CNc2ccccc2CC(N)=O)cc1C. The highest BCUT2D eigenvalue weighted by atomic mass is 16.1. The van der Waals surface area contributed by atoms with Crippen molar-refractivity contribution in [3.63, 3.8) is 0 Å². The Balaban J connectivity index is 2.10. The van der Waals surface area contributed by atoms with Crippen molar-refractivity contribution in [3.8, 4) is 0 Å². The van der Waals surface area contributed by atoms with Crippen LogP contribution in [-0.2, 0) is 17.8 Å². The second-order valence-electron chi connectivity index (χ2n) is 5.07. The fourth-order valence-corrected chi connectivity index (χ4v) is 2.15. The molecule has 2 aromatic rings. The lowest BCUT2D eigenvalue weighted by Crippen LogP contribution is -2.15. The quantitative estimate of drug-likeness (QED) is 0.876. The highest BCUT2D eigenvalue weighted by Gasteiger charge is 2.05. The van der Waals surface area contributed by atoms with E-state index in [9.17, 15) is 4.79 Å². The van der Waals surface area contributed by atoms with Crippen molar-refractivity contribution in [3.05, 3.63) is 64.7 Å². The van der Waals surface area contributed by atoms with Crippen molar-refractivity contribution in [2.24, 2.45) is 5.73 Å². The Hall–Kier alpha value is -2.29. The summed E-state index contributed by atoms with van der Waals surface area (Å²) in [5.41, 5.74) is 11.0. The van der Waals surface area contributed by atoms with Gasteiger partial charge < -0.3 is 11.1 Å². The largest absolute Gasteiger partial charge is 0.381 e. The molecule has 1 amide bonds. The molecular formula is C17H20N2O. The predicted molar refractivity (Wildman–Crippen MR) is 82.6 cm³/mol. The number of amides is 1. The van der Waals surface area contributed by atoms with E-state index >= 15 is 0 Å². The summed E-state index contributed by atoms with van der Waals surface area (Å²) in [5.74, 6) is -0.314. The van der Waals surface area contributed by atoms with Crippen LogP contribution in [-0.4, -0.2) is 5.91 Å². The predicted octanol–water partition coefficient (Wildman–Crippen LogP) is 2.94. The van der Waals surface area contributed by atoms with Crippen LogP contribution in [0.3, 0.4) is 0 Å². The molecule has 0 aliphatic heterocycles. The van der Waals surface area contributed by atoms with Crippen LogP contribution in [0, 0.1) is 13.8 Å². The number of rotatable bonds is 5. The Morgan fingerprint density at radius 3 is 2.55 bits per heavy atom. The molecule has 3 heteroatoms. The minimum atomic E-state index is -0.314. The molecule has 0 radical (unpaired) electrons. The van der Waals surface area contributed by atoms with Crippen LogP contribution >= 0.6 is 0 Å². The summed E-state index contributed by atoms with van der Waals surface area (Å²) < 4.78 is 0. The maximum Gasteiger partial charge on any atom is 0.221 e. The van der Waals surface area contributed by atoms with E-state index < -0.39 is 0 Å². The van der Waals surface area contributed by atoms with Crippen LogP contribution in [0.5, 0.6) is 0 Å². The Bertz CT molecular complexity index is 620. The second-order valence-corrected chi connectivity index (χ2v) is 5.07. The number of aryl methyl sites for hydroxylation is 2. The van der Waals surface area contributed by atoms with Crippen LogP contribution in [0.15, 0.2) is 42.5 Å². The van der Waals surface area contributed by atoms with Gasteiger partial charge in [-0.3, -0.25) is 4.79 Å². The molecule has 20 heavy (non-hydrogen) atoms. The lowest BCUT2D eigenvalue weighted by molar-refractivity contribution is -0.117. The first-order valence-corrected chi connectivity index (χ1v) is 6.72. The standard InChI is InChI=1S/C17H20N2O/c1-12-7-8-14(9-13(12)2)11-19-16-6-4-3-5-15(16)10-17(18)20/h3-9,19H,10-11H2,1-2H3,(H2,18,20). The molecular weight excluding hydrogens is 248 g/mol. The molecule has 2 aromatic carbocycles. The zero-order valence-electron chi connectivity index (χ0n) is 11.9. The molecule has 0 heterocycles. The molecule has 2 rings (SSSR count). The third kappa shape index (κ3) is 3.60. The van der Waals surface area contributed by atoms with Gasteiger partial charge in [-0.1, -0.05) is 36.4 Å². The van der Waals surface area contributed by atoms with Gasteiger partial charge in [0, 0.05) is 12.2 Å². The average Bonchev–Trinajstić information content (AvgIpc) is 2.41. The summed E-state index contributed by atoms with van der Waals surface area (Å²) in [7, 11) is 0. The molecule has 0 fully saturated rings. The summed E-state index contributed by atoms with van der Waals surface area (Å²) in [6, 6.07) is 14.2. The number of benzene rings is 2. The van der Waals surface area contributed by atoms with E-state index in [0.717, 1.165) is 17.8 Å². The third-order valence-electron chi connectivity index (χ3n) is 3.44. The Labute approximate surface area is 119 Å². The summed E-state index contributed by atoms with van der Waals surface area (Å²) in [6.45, 7) is 4.95. The fourth-order valence-electron chi connectivity index (χ4n) is 2.15. The maximum absolute atomic E-state index is 11.1. The number of primary amides is 1. The van der Waals surface area contributed by atoms with Gasteiger partial charge in [-0.05, 0) is 42.2 Å². The van der Waals surface area contributed by atoms with Gasteiger partial charge in [0.25, 0.3) is 0 Å². The molecule has 0 atom stereocenters. The molecule has 0 aliphatic carbocycles. The number of hydrogen-bond donors (Lipinski definition) is 2. The van der Waals surface area contributed by atoms with E-state index in [1.807, 2.05) is 24.3 Å². The van der Waals surface area contributed by atoms with Gasteiger partial charge >= 0.3 is 0 Å². The topological polar surface area (TPSA) is 55.1 Å². The average molecular weight is 268 g/mol. The van der Waals surface area contributed by atoms with E-state index in [2.05, 4.69) is 37.4 Å². The van der Waals surface area contributed by atoms with Gasteiger partial charge in [0.15, 0.2) is 0 Å². The lowest BCUT2D eigenvalue weighted by Gasteiger charge is -2.12. The highest BCUT2D eigenvalue weighted by molar-refractivity contribution is 5.78. The molecule has 0 saturated heterocycles. The van der Waals surface area contributed by atoms with Gasteiger partial charge in [0.05, 0.1) is 6.42 Å². The molecule has 0 bridgehead atoms. The number of para-hydroxylation sites is 1. The zero-order valence-corrected chi connectivity index (χ0v) is 11.9. The van der Waals surface area contributed by atoms with Gasteiger partial charge in [0.2, 0.25) is 5.91 Å². The maximum atomic E-state index is 11.1. The number of nitrogens with two attached hydrogens (primary N) is 1. The van der Waals surface area contributed by atoms with Crippen LogP contribution in [0.4, 0.5) is 5.69 Å². The van der Waals surface area contributed by atoms with E-state index in [1.54, 1.807) is 0 Å². The van der Waals surface area contributed by atoms with Crippen molar-refractivity contribution in [2.75, 3.05) is 5.32 Å². The number of anilines is 1. The van der Waals surface area contributed by atoms with E-state index in [4.69, 9.17) is 5.73 Å². The van der Waals surface area contributed by atoms with Crippen molar-refractivity contribution in [1.29, 1.82) is 0 Å². The molecule has 0 unspecified atom stereocenters. The Kier molecular flexibility index (Phi) is 4.41. The van der Waals surface area contributed by atoms with Crippen molar-refractivity contribution >= 4 is 11.6 Å². The normalized spacial score (nSPS) is 10.3. The van der Waals surface area contributed by atoms with Crippen LogP contribution < -0.4 is 11.1 Å². The lowest BCUT2D eigenvalue weighted by atomic mass is 10.1. The van der Waals surface area contributed by atoms with Crippen molar-refractivity contribution in [1.82, 2.24) is 0 Å². The summed E-state index contributed by atoms with van der Waals surface area (Å²) in [5, 5.41) is 3.37. The van der Waals surface area contributed by atoms with Crippen LogP contribution in [0.2, 0.25) is 0 Å². The Morgan fingerprint density at radius 1 is 1.10 bits per heavy atom. The number of nitrogens with one attached hydrogen (secondary N) is 1. The molecule has 0 saturated carbocycles. The minimum Gasteiger partial charge on any atom is -0.381 e. The van der Waals surface area contributed by atoms with Crippen LogP contribution in [0.1, 0.15) is 22.3 Å². The molecule has 0 aromatic heterocycles. The molecule has 104 valence electrons. The van der Waals surface area contributed by atoms with Gasteiger partial charge in [-0.2, -0.15) is 0 Å². The first-order chi connectivity index (χ1) is 9.56. The van der Waals surface area contributed by atoms with Crippen molar-refractivity contribution in [2.45, 2.75) is 26.8 Å². The first-order valence-electron chi connectivity index (χ1n) is 6.72. The minimum absolute atomic E-state index is 0.260. The van der Waals surface area contributed by atoms with E-state index in [0.29, 0.717) is 0 Å². The summed E-state index contributed by atoms with van der Waals surface area (Å²) in [4.78, 5) is 11.1. The zero-order chi connectivity index (χ0) is 14.5. The second kappa shape index (κ2) is 6.24. The summed E-state index contributed by atoms with van der Waals surface area (Å²) in [6.07, 6.45) is 0.260. The first kappa shape index (κ1) is 14.1. The molecule has 0 aliphatic rings. The fraction of sp³-hybridized carbons (Fsp3) is 0.235. The monoisotopic (exact) mass is 268 g/mol. The number of carbonyl (C=O) groups excluding carboxylic acids is 1. The van der Waals surface area contributed by atoms with Gasteiger partial charge in [-0.25, -0.2) is 0 Å². The number of carbonyl (C=O) groups is 1. The van der Waals surface area contributed by atoms with Gasteiger partial charge in [0.1, 0.15) is 0 Å². The van der Waals surface area contributed by atoms with E-state index in [-0.39, 0.29) is 12.3 Å². The Morgan fingerprint density at radius 2 is 1.85 bits per heavy atom. The van der Waals surface area contributed by atoms with Crippen molar-refractivity contribution < 1.29 is 4.79 Å². The molecule has 0 spiro atoms. The van der Waals surface area contributed by atoms with Gasteiger partial charge in [-0.15, -0.1) is 0 Å². The smallest absolute Gasteiger partial charge is 0.221 e. The third-order valence-corrected chi connectivity index (χ3v) is 3.44. The molecule has 3 N–H and O–H groups in total.